The van der Waals surface area contributed by atoms with Crippen LogP contribution >= 0.6 is 0 Å². The van der Waals surface area contributed by atoms with Gasteiger partial charge in [0.1, 0.15) is 5.69 Å². The zero-order valence-electron chi connectivity index (χ0n) is 8.80. The van der Waals surface area contributed by atoms with Crippen LogP contribution in [0.3, 0.4) is 0 Å². The fraction of sp³-hybridized carbons (Fsp3) is 0.250. The molecule has 0 saturated heterocycles. The summed E-state index contributed by atoms with van der Waals surface area (Å²) in [4.78, 5) is 28.9. The molecule has 1 aromatic rings. The molecule has 0 aromatic carbocycles. The summed E-state index contributed by atoms with van der Waals surface area (Å²) in [6.07, 6.45) is 7.03. The van der Waals surface area contributed by atoms with Crippen molar-refractivity contribution in [2.24, 2.45) is 0 Å². The Kier molecular flexibility index (Phi) is 2.45. The second kappa shape index (κ2) is 3.78. The summed E-state index contributed by atoms with van der Waals surface area (Å²) >= 11 is 0. The Labute approximate surface area is 93.3 Å². The average Bonchev–Trinajstić information content (AvgIpc) is 2.53. The van der Waals surface area contributed by atoms with Gasteiger partial charge in [0, 0.05) is 18.7 Å². The molecule has 1 aromatic heterocycles. The molecule has 0 N–H and O–H groups in total. The van der Waals surface area contributed by atoms with E-state index in [1.807, 2.05) is 0 Å². The van der Waals surface area contributed by atoms with Gasteiger partial charge in [-0.1, -0.05) is 0 Å². The van der Waals surface area contributed by atoms with Gasteiger partial charge in [0.25, 0.3) is 11.8 Å². The molecule has 4 heteroatoms. The SMILES string of the molecule is C#CCC(C)N1C(=O)c2cccnc2C1=O. The molecule has 2 heterocycles. The van der Waals surface area contributed by atoms with E-state index in [9.17, 15) is 9.59 Å². The number of aromatic nitrogens is 1. The summed E-state index contributed by atoms with van der Waals surface area (Å²) in [5.74, 6) is 1.78. The molecular formula is C12H10N2O2. The fourth-order valence-corrected chi connectivity index (χ4v) is 1.75. The summed E-state index contributed by atoms with van der Waals surface area (Å²) in [7, 11) is 0. The summed E-state index contributed by atoms with van der Waals surface area (Å²) in [6, 6.07) is 2.95. The Morgan fingerprint density at radius 3 is 2.88 bits per heavy atom. The standard InChI is InChI=1S/C12H10N2O2/c1-3-5-8(2)14-11(15)9-6-4-7-13-10(9)12(14)16/h1,4,6-8H,5H2,2H3. The van der Waals surface area contributed by atoms with Gasteiger partial charge in [-0.2, -0.15) is 0 Å². The van der Waals surface area contributed by atoms with Gasteiger partial charge in [-0.3, -0.25) is 19.5 Å². The topological polar surface area (TPSA) is 50.3 Å². The first kappa shape index (κ1) is 10.4. The fourth-order valence-electron chi connectivity index (χ4n) is 1.75. The Hall–Kier alpha value is -2.15. The number of fused-ring (bicyclic) bond motifs is 1. The smallest absolute Gasteiger partial charge is 0.269 e. The largest absolute Gasteiger partial charge is 0.280 e. The Bertz CT molecular complexity index is 467. The third kappa shape index (κ3) is 1.38. The molecule has 2 amide bonds. The molecule has 1 aliphatic heterocycles. The quantitative estimate of drug-likeness (QED) is 0.547. The lowest BCUT2D eigenvalue weighted by molar-refractivity contribution is 0.0598. The lowest BCUT2D eigenvalue weighted by atomic mass is 10.2. The molecule has 0 bridgehead atoms. The number of carbonyl (C=O) groups is 2. The van der Waals surface area contributed by atoms with Crippen LogP contribution < -0.4 is 0 Å². The van der Waals surface area contributed by atoms with Crippen LogP contribution in [-0.4, -0.2) is 27.7 Å². The zero-order valence-corrected chi connectivity index (χ0v) is 8.80. The predicted octanol–water partition coefficient (Wildman–Crippen LogP) is 1.09. The first-order valence-corrected chi connectivity index (χ1v) is 4.93. The second-order valence-electron chi connectivity index (χ2n) is 3.64. The number of hydrogen-bond donors (Lipinski definition) is 0. The molecule has 0 fully saturated rings. The number of carbonyl (C=O) groups excluding carboxylic acids is 2. The van der Waals surface area contributed by atoms with Crippen LogP contribution in [0.2, 0.25) is 0 Å². The van der Waals surface area contributed by atoms with Gasteiger partial charge >= 0.3 is 0 Å². The number of pyridine rings is 1. The van der Waals surface area contributed by atoms with Gasteiger partial charge in [0.05, 0.1) is 5.56 Å². The maximum absolute atomic E-state index is 11.9. The first-order valence-electron chi connectivity index (χ1n) is 4.93. The molecule has 0 aliphatic carbocycles. The number of amides is 2. The van der Waals surface area contributed by atoms with Crippen LogP contribution in [0.15, 0.2) is 18.3 Å². The number of nitrogens with zero attached hydrogens (tertiary/aromatic N) is 2. The molecular weight excluding hydrogens is 204 g/mol. The average molecular weight is 214 g/mol. The van der Waals surface area contributed by atoms with E-state index in [2.05, 4.69) is 10.9 Å². The monoisotopic (exact) mass is 214 g/mol. The molecule has 1 atom stereocenters. The summed E-state index contributed by atoms with van der Waals surface area (Å²) in [5.41, 5.74) is 0.577. The highest BCUT2D eigenvalue weighted by atomic mass is 16.2. The number of rotatable bonds is 2. The molecule has 4 nitrogen and oxygen atoms in total. The minimum atomic E-state index is -0.358. The first-order chi connectivity index (χ1) is 7.66. The highest BCUT2D eigenvalue weighted by molar-refractivity contribution is 6.20. The van der Waals surface area contributed by atoms with Crippen LogP contribution in [0.25, 0.3) is 0 Å². The van der Waals surface area contributed by atoms with E-state index in [0.29, 0.717) is 12.0 Å². The Morgan fingerprint density at radius 1 is 1.50 bits per heavy atom. The van der Waals surface area contributed by atoms with Gasteiger partial charge < -0.3 is 0 Å². The third-order valence-corrected chi connectivity index (χ3v) is 2.53. The van der Waals surface area contributed by atoms with E-state index in [1.54, 1.807) is 19.1 Å². The number of terminal acetylenes is 1. The van der Waals surface area contributed by atoms with Crippen molar-refractivity contribution in [2.75, 3.05) is 0 Å². The summed E-state index contributed by atoms with van der Waals surface area (Å²) in [6.45, 7) is 1.75. The van der Waals surface area contributed by atoms with Crippen molar-refractivity contribution < 1.29 is 9.59 Å². The molecule has 1 aliphatic rings. The molecule has 0 radical (unpaired) electrons. The van der Waals surface area contributed by atoms with E-state index in [0.717, 1.165) is 0 Å². The summed E-state index contributed by atoms with van der Waals surface area (Å²) < 4.78 is 0. The van der Waals surface area contributed by atoms with Gasteiger partial charge in [0.15, 0.2) is 0 Å². The molecule has 0 spiro atoms. The molecule has 1 unspecified atom stereocenters. The van der Waals surface area contributed by atoms with Gasteiger partial charge in [-0.25, -0.2) is 0 Å². The lowest BCUT2D eigenvalue weighted by Crippen LogP contribution is -2.37. The number of imide groups is 1. The van der Waals surface area contributed by atoms with Crippen molar-refractivity contribution in [2.45, 2.75) is 19.4 Å². The van der Waals surface area contributed by atoms with E-state index < -0.39 is 0 Å². The lowest BCUT2D eigenvalue weighted by Gasteiger charge is -2.19. The van der Waals surface area contributed by atoms with Crippen LogP contribution in [0, 0.1) is 12.3 Å². The van der Waals surface area contributed by atoms with Crippen molar-refractivity contribution in [1.82, 2.24) is 9.88 Å². The van der Waals surface area contributed by atoms with Crippen LogP contribution in [0.4, 0.5) is 0 Å². The molecule has 0 saturated carbocycles. The van der Waals surface area contributed by atoms with Gasteiger partial charge in [-0.05, 0) is 19.1 Å². The number of hydrogen-bond acceptors (Lipinski definition) is 3. The maximum atomic E-state index is 11.9. The minimum absolute atomic E-state index is 0.219. The highest BCUT2D eigenvalue weighted by Gasteiger charge is 2.38. The van der Waals surface area contributed by atoms with Crippen molar-refractivity contribution in [1.29, 1.82) is 0 Å². The van der Waals surface area contributed by atoms with Gasteiger partial charge in [-0.15, -0.1) is 12.3 Å². The summed E-state index contributed by atoms with van der Waals surface area (Å²) in [5, 5.41) is 0. The molecule has 80 valence electrons. The van der Waals surface area contributed by atoms with Crippen molar-refractivity contribution >= 4 is 11.8 Å². The van der Waals surface area contributed by atoms with Crippen molar-refractivity contribution in [3.63, 3.8) is 0 Å². The van der Waals surface area contributed by atoms with Crippen molar-refractivity contribution in [3.8, 4) is 12.3 Å². The molecule has 2 rings (SSSR count). The second-order valence-corrected chi connectivity index (χ2v) is 3.64. The zero-order chi connectivity index (χ0) is 11.7. The third-order valence-electron chi connectivity index (χ3n) is 2.53. The van der Waals surface area contributed by atoms with E-state index >= 15 is 0 Å². The Morgan fingerprint density at radius 2 is 2.25 bits per heavy atom. The van der Waals surface area contributed by atoms with E-state index in [-0.39, 0.29) is 23.6 Å². The van der Waals surface area contributed by atoms with Crippen LogP contribution in [-0.2, 0) is 0 Å². The Balaban J connectivity index is 2.39. The molecule has 16 heavy (non-hydrogen) atoms. The van der Waals surface area contributed by atoms with Crippen LogP contribution in [0.1, 0.15) is 34.2 Å². The van der Waals surface area contributed by atoms with Crippen LogP contribution in [0.5, 0.6) is 0 Å². The maximum Gasteiger partial charge on any atom is 0.280 e. The predicted molar refractivity (Wildman–Crippen MR) is 57.6 cm³/mol. The van der Waals surface area contributed by atoms with Gasteiger partial charge in [0.2, 0.25) is 0 Å². The normalized spacial score (nSPS) is 15.9. The van der Waals surface area contributed by atoms with E-state index in [4.69, 9.17) is 6.42 Å². The highest BCUT2D eigenvalue weighted by Crippen LogP contribution is 2.23. The van der Waals surface area contributed by atoms with Crippen molar-refractivity contribution in [3.05, 3.63) is 29.6 Å². The minimum Gasteiger partial charge on any atom is -0.269 e. The van der Waals surface area contributed by atoms with E-state index in [1.165, 1.54) is 11.1 Å².